The minimum atomic E-state index is -2.73. The van der Waals surface area contributed by atoms with E-state index in [0.717, 1.165) is 0 Å². The Labute approximate surface area is 169 Å². The Hall–Kier alpha value is -2.03. The van der Waals surface area contributed by atoms with Crippen LogP contribution in [0, 0.1) is 5.82 Å². The Bertz CT molecular complexity index is 905. The highest BCUT2D eigenvalue weighted by atomic mass is 79.9. The number of fused-ring (bicyclic) bond motifs is 1. The van der Waals surface area contributed by atoms with E-state index in [9.17, 15) is 18.0 Å². The molecule has 0 bridgehead atoms. The lowest BCUT2D eigenvalue weighted by atomic mass is 10.0. The molecule has 1 aromatic heterocycles. The molecule has 1 N–H and O–H groups in total. The number of amides is 1. The highest BCUT2D eigenvalue weighted by Gasteiger charge is 2.35. The average Bonchev–Trinajstić information content (AvgIpc) is 2.55. The van der Waals surface area contributed by atoms with Crippen molar-refractivity contribution in [2.45, 2.75) is 45.1 Å². The van der Waals surface area contributed by atoms with Crippen LogP contribution in [-0.4, -0.2) is 35.7 Å². The molecule has 0 radical (unpaired) electrons. The predicted octanol–water partition coefficient (Wildman–Crippen LogP) is 5.72. The lowest BCUT2D eigenvalue weighted by molar-refractivity contribution is -0.0221. The maximum absolute atomic E-state index is 14.8. The molecule has 1 aliphatic rings. The van der Waals surface area contributed by atoms with Crippen LogP contribution in [0.3, 0.4) is 0 Å². The second-order valence-electron chi connectivity index (χ2n) is 7.79. The number of hydrogen-bond donors (Lipinski definition) is 1. The smallest absolute Gasteiger partial charge is 0.412 e. The third-order valence-corrected chi connectivity index (χ3v) is 4.87. The second kappa shape index (κ2) is 7.42. The minimum absolute atomic E-state index is 0.0368. The van der Waals surface area contributed by atoms with Crippen molar-refractivity contribution in [3.05, 3.63) is 28.6 Å². The molecule has 1 fully saturated rings. The highest BCUT2D eigenvalue weighted by molar-refractivity contribution is 9.10. The quantitative estimate of drug-likeness (QED) is 0.623. The van der Waals surface area contributed by atoms with Crippen LogP contribution in [-0.2, 0) is 4.74 Å². The number of pyridine rings is 1. The fraction of sp³-hybridized carbons (Fsp3) is 0.474. The van der Waals surface area contributed by atoms with E-state index in [2.05, 4.69) is 26.2 Å². The first-order valence-electron chi connectivity index (χ1n) is 8.86. The third kappa shape index (κ3) is 4.68. The van der Waals surface area contributed by atoms with Crippen LogP contribution in [0.25, 0.3) is 10.9 Å². The number of nitrogens with one attached hydrogen (secondary N) is 1. The molecule has 0 spiro atoms. The summed E-state index contributed by atoms with van der Waals surface area (Å²) in [5, 5.41) is 3.15. The summed E-state index contributed by atoms with van der Waals surface area (Å²) >= 11 is 3.18. The molecule has 1 aromatic carbocycles. The molecule has 0 saturated carbocycles. The van der Waals surface area contributed by atoms with Crippen molar-refractivity contribution in [1.29, 1.82) is 0 Å². The van der Waals surface area contributed by atoms with Gasteiger partial charge < -0.3 is 9.64 Å². The first-order valence-corrected chi connectivity index (χ1v) is 9.65. The predicted molar refractivity (Wildman–Crippen MR) is 106 cm³/mol. The van der Waals surface area contributed by atoms with Gasteiger partial charge in [0.25, 0.3) is 5.92 Å². The molecule has 1 amide bonds. The van der Waals surface area contributed by atoms with Gasteiger partial charge in [-0.3, -0.25) is 10.3 Å². The normalized spacial score (nSPS) is 16.9. The lowest BCUT2D eigenvalue weighted by Gasteiger charge is -2.34. The molecule has 3 rings (SSSR count). The number of alkyl halides is 2. The summed E-state index contributed by atoms with van der Waals surface area (Å²) in [5.74, 6) is -3.27. The van der Waals surface area contributed by atoms with E-state index in [1.54, 1.807) is 37.8 Å². The van der Waals surface area contributed by atoms with Crippen molar-refractivity contribution in [3.8, 4) is 0 Å². The van der Waals surface area contributed by atoms with Crippen LogP contribution < -0.4 is 10.2 Å². The van der Waals surface area contributed by atoms with Crippen molar-refractivity contribution < 1.29 is 22.7 Å². The molecular formula is C19H21BrF3N3O2. The molecule has 0 unspecified atom stereocenters. The van der Waals surface area contributed by atoms with Crippen LogP contribution in [0.15, 0.2) is 22.8 Å². The van der Waals surface area contributed by atoms with Gasteiger partial charge in [0.05, 0.1) is 21.9 Å². The molecular weight excluding hydrogens is 439 g/mol. The summed E-state index contributed by atoms with van der Waals surface area (Å²) in [6.45, 7) is 5.32. The van der Waals surface area contributed by atoms with Crippen molar-refractivity contribution in [1.82, 2.24) is 4.98 Å². The van der Waals surface area contributed by atoms with Crippen molar-refractivity contribution in [3.63, 3.8) is 0 Å². The average molecular weight is 460 g/mol. The zero-order valence-electron chi connectivity index (χ0n) is 15.8. The van der Waals surface area contributed by atoms with Gasteiger partial charge in [-0.05, 0) is 48.8 Å². The van der Waals surface area contributed by atoms with Gasteiger partial charge >= 0.3 is 6.09 Å². The number of nitrogens with zero attached hydrogens (tertiary/aromatic N) is 2. The number of hydrogen-bond acceptors (Lipinski definition) is 4. The molecule has 2 aromatic rings. The van der Waals surface area contributed by atoms with Crippen LogP contribution in [0.5, 0.6) is 0 Å². The van der Waals surface area contributed by atoms with Crippen LogP contribution in [0.1, 0.15) is 33.6 Å². The Morgan fingerprint density at radius 1 is 1.29 bits per heavy atom. The summed E-state index contributed by atoms with van der Waals surface area (Å²) < 4.78 is 47.2. The summed E-state index contributed by atoms with van der Waals surface area (Å²) in [7, 11) is 0. The Balaban J connectivity index is 1.93. The van der Waals surface area contributed by atoms with E-state index in [1.165, 1.54) is 6.20 Å². The number of ether oxygens (including phenoxy) is 1. The first kappa shape index (κ1) is 20.7. The van der Waals surface area contributed by atoms with Crippen LogP contribution in [0.4, 0.5) is 29.3 Å². The Morgan fingerprint density at radius 2 is 1.93 bits per heavy atom. The number of halogens is 4. The minimum Gasteiger partial charge on any atom is -0.444 e. The number of aromatic nitrogens is 1. The van der Waals surface area contributed by atoms with Gasteiger partial charge in [-0.15, -0.1) is 0 Å². The molecule has 2 heterocycles. The van der Waals surface area contributed by atoms with Gasteiger partial charge in [-0.1, -0.05) is 0 Å². The highest BCUT2D eigenvalue weighted by Crippen LogP contribution is 2.38. The Morgan fingerprint density at radius 3 is 2.54 bits per heavy atom. The summed E-state index contributed by atoms with van der Waals surface area (Å²) in [4.78, 5) is 17.8. The number of carbonyl (C=O) groups excluding carboxylic acids is 1. The van der Waals surface area contributed by atoms with Gasteiger partial charge in [0.15, 0.2) is 5.82 Å². The van der Waals surface area contributed by atoms with Gasteiger partial charge in [0, 0.05) is 31.3 Å². The SMILES string of the molecule is CC(C)(C)OC(=O)Nc1cnc2c(N3CCC(F)(F)CC3)c(F)c(Br)cc2c1. The van der Waals surface area contributed by atoms with Crippen LogP contribution in [0.2, 0.25) is 0 Å². The number of carbonyl (C=O) groups is 1. The van der Waals surface area contributed by atoms with E-state index in [1.807, 2.05) is 0 Å². The molecule has 0 atom stereocenters. The largest absolute Gasteiger partial charge is 0.444 e. The van der Waals surface area contributed by atoms with E-state index >= 15 is 0 Å². The third-order valence-electron chi connectivity index (χ3n) is 4.30. The fourth-order valence-electron chi connectivity index (χ4n) is 3.04. The molecule has 1 saturated heterocycles. The molecule has 9 heteroatoms. The van der Waals surface area contributed by atoms with Gasteiger partial charge in [-0.2, -0.15) is 0 Å². The van der Waals surface area contributed by atoms with Crippen molar-refractivity contribution in [2.75, 3.05) is 23.3 Å². The van der Waals surface area contributed by atoms with E-state index in [4.69, 9.17) is 4.74 Å². The van der Waals surface area contributed by atoms with Gasteiger partial charge in [0.2, 0.25) is 0 Å². The standard InChI is InChI=1S/C19H21BrF3N3O2/c1-18(2,3)28-17(27)25-12-8-11-9-13(20)14(21)16(15(11)24-10-12)26-6-4-19(22,23)5-7-26/h8-10H,4-7H2,1-3H3,(H,25,27). The molecule has 152 valence electrons. The molecule has 0 aliphatic carbocycles. The molecule has 5 nitrogen and oxygen atoms in total. The number of anilines is 2. The maximum atomic E-state index is 14.8. The monoisotopic (exact) mass is 459 g/mol. The van der Waals surface area contributed by atoms with E-state index in [-0.39, 0.29) is 36.1 Å². The van der Waals surface area contributed by atoms with Crippen LogP contribution >= 0.6 is 15.9 Å². The number of rotatable bonds is 2. The molecule has 1 aliphatic heterocycles. The summed E-state index contributed by atoms with van der Waals surface area (Å²) in [5.41, 5.74) is 0.269. The Kier molecular flexibility index (Phi) is 5.49. The first-order chi connectivity index (χ1) is 13.0. The number of piperidine rings is 1. The van der Waals surface area contributed by atoms with E-state index < -0.39 is 23.4 Å². The van der Waals surface area contributed by atoms with E-state index in [0.29, 0.717) is 16.6 Å². The fourth-order valence-corrected chi connectivity index (χ4v) is 3.48. The zero-order chi connectivity index (χ0) is 20.7. The van der Waals surface area contributed by atoms with Gasteiger partial charge in [-0.25, -0.2) is 18.0 Å². The van der Waals surface area contributed by atoms with Gasteiger partial charge in [0.1, 0.15) is 11.3 Å². The summed E-state index contributed by atoms with van der Waals surface area (Å²) in [6, 6.07) is 3.18. The molecule has 28 heavy (non-hydrogen) atoms. The maximum Gasteiger partial charge on any atom is 0.412 e. The lowest BCUT2D eigenvalue weighted by Crippen LogP contribution is -2.40. The summed E-state index contributed by atoms with van der Waals surface area (Å²) in [6.07, 6.45) is 0.0901. The topological polar surface area (TPSA) is 54.5 Å². The zero-order valence-corrected chi connectivity index (χ0v) is 17.4. The number of benzene rings is 1. The van der Waals surface area contributed by atoms with Crippen molar-refractivity contribution in [2.24, 2.45) is 0 Å². The van der Waals surface area contributed by atoms with Crippen molar-refractivity contribution >= 4 is 44.3 Å². The second-order valence-corrected chi connectivity index (χ2v) is 8.64.